The molecule has 4 heteroatoms. The first kappa shape index (κ1) is 12.1. The molecule has 2 atom stereocenters. The molecule has 2 saturated heterocycles. The third-order valence-corrected chi connectivity index (χ3v) is 4.75. The maximum absolute atomic E-state index is 4.33. The van der Waals surface area contributed by atoms with Gasteiger partial charge in [0, 0.05) is 29.4 Å². The van der Waals surface area contributed by atoms with Crippen molar-refractivity contribution in [1.29, 1.82) is 0 Å². The molecule has 0 spiro atoms. The number of piperidine rings is 1. The number of benzene rings is 1. The van der Waals surface area contributed by atoms with Gasteiger partial charge in [0.1, 0.15) is 0 Å². The summed E-state index contributed by atoms with van der Waals surface area (Å²) >= 11 is 0. The second kappa shape index (κ2) is 5.02. The molecular weight excluding hydrogens is 248 g/mol. The predicted octanol–water partition coefficient (Wildman–Crippen LogP) is 2.67. The third kappa shape index (κ3) is 2.04. The molecule has 1 aromatic heterocycles. The van der Waals surface area contributed by atoms with Crippen LogP contribution in [-0.2, 0) is 0 Å². The van der Waals surface area contributed by atoms with Crippen molar-refractivity contribution >= 4 is 16.6 Å². The van der Waals surface area contributed by atoms with Crippen LogP contribution < -0.4 is 5.32 Å². The number of anilines is 1. The Kier molecular flexibility index (Phi) is 3.03. The third-order valence-electron chi connectivity index (χ3n) is 4.75. The molecule has 4 nitrogen and oxygen atoms in total. The van der Waals surface area contributed by atoms with Crippen molar-refractivity contribution in [1.82, 2.24) is 15.1 Å². The number of rotatable bonds is 2. The molecule has 2 aromatic rings. The molecule has 0 amide bonds. The molecule has 104 valence electrons. The number of nitrogens with one attached hydrogen (secondary N) is 1. The second-order valence-electron chi connectivity index (χ2n) is 5.92. The second-order valence-corrected chi connectivity index (χ2v) is 5.92. The van der Waals surface area contributed by atoms with Crippen molar-refractivity contribution in [3.8, 4) is 0 Å². The van der Waals surface area contributed by atoms with E-state index in [1.165, 1.54) is 44.2 Å². The monoisotopic (exact) mass is 268 g/mol. The molecule has 0 saturated carbocycles. The van der Waals surface area contributed by atoms with E-state index in [2.05, 4.69) is 38.6 Å². The van der Waals surface area contributed by atoms with Crippen LogP contribution in [0.25, 0.3) is 10.8 Å². The lowest BCUT2D eigenvalue weighted by atomic mass is 9.99. The first-order chi connectivity index (χ1) is 9.92. The largest absolute Gasteiger partial charge is 0.364 e. The van der Waals surface area contributed by atoms with E-state index >= 15 is 0 Å². The SMILES string of the molecule is c1ccc2c(NC3CCN4CCCCC34)nncc2c1. The van der Waals surface area contributed by atoms with Crippen molar-refractivity contribution in [3.05, 3.63) is 30.5 Å². The minimum absolute atomic E-state index is 0.524. The summed E-state index contributed by atoms with van der Waals surface area (Å²) < 4.78 is 0. The molecule has 0 aliphatic carbocycles. The molecular formula is C16H20N4. The summed E-state index contributed by atoms with van der Waals surface area (Å²) in [6, 6.07) is 9.54. The van der Waals surface area contributed by atoms with Gasteiger partial charge in [-0.15, -0.1) is 5.10 Å². The zero-order chi connectivity index (χ0) is 13.4. The fourth-order valence-corrected chi connectivity index (χ4v) is 3.73. The molecule has 2 unspecified atom stereocenters. The van der Waals surface area contributed by atoms with Gasteiger partial charge in [0.25, 0.3) is 0 Å². The summed E-state index contributed by atoms with van der Waals surface area (Å²) in [5.74, 6) is 0.945. The Balaban J connectivity index is 1.61. The van der Waals surface area contributed by atoms with Gasteiger partial charge in [0.15, 0.2) is 5.82 Å². The van der Waals surface area contributed by atoms with E-state index in [9.17, 15) is 0 Å². The van der Waals surface area contributed by atoms with Crippen molar-refractivity contribution in [2.24, 2.45) is 0 Å². The molecule has 20 heavy (non-hydrogen) atoms. The van der Waals surface area contributed by atoms with Gasteiger partial charge in [-0.05, 0) is 25.8 Å². The Bertz CT molecular complexity index is 607. The quantitative estimate of drug-likeness (QED) is 0.909. The van der Waals surface area contributed by atoms with Crippen LogP contribution in [0.1, 0.15) is 25.7 Å². The van der Waals surface area contributed by atoms with Gasteiger partial charge in [0.2, 0.25) is 0 Å². The highest BCUT2D eigenvalue weighted by Gasteiger charge is 2.35. The smallest absolute Gasteiger partial charge is 0.156 e. The van der Waals surface area contributed by atoms with Crippen molar-refractivity contribution in [2.75, 3.05) is 18.4 Å². The van der Waals surface area contributed by atoms with Crippen LogP contribution in [-0.4, -0.2) is 40.3 Å². The van der Waals surface area contributed by atoms with Crippen LogP contribution in [0.2, 0.25) is 0 Å². The lowest BCUT2D eigenvalue weighted by molar-refractivity contribution is 0.192. The zero-order valence-corrected chi connectivity index (χ0v) is 11.6. The van der Waals surface area contributed by atoms with Gasteiger partial charge in [-0.25, -0.2) is 0 Å². The standard InChI is InChI=1S/C16H20N4/c1-2-6-13-12(5-1)11-17-19-16(13)18-14-8-10-20-9-4-3-7-15(14)20/h1-2,5-6,11,14-15H,3-4,7-10H2,(H,18,19). The van der Waals surface area contributed by atoms with Gasteiger partial charge in [-0.2, -0.15) is 5.10 Å². The fraction of sp³-hybridized carbons (Fsp3) is 0.500. The molecule has 2 aliphatic rings. The Morgan fingerprint density at radius 3 is 3.05 bits per heavy atom. The van der Waals surface area contributed by atoms with E-state index in [1.54, 1.807) is 0 Å². The summed E-state index contributed by atoms with van der Waals surface area (Å²) in [6.45, 7) is 2.49. The Morgan fingerprint density at radius 2 is 2.05 bits per heavy atom. The van der Waals surface area contributed by atoms with E-state index in [4.69, 9.17) is 0 Å². The summed E-state index contributed by atoms with van der Waals surface area (Å²) in [4.78, 5) is 2.64. The number of aromatic nitrogens is 2. The maximum Gasteiger partial charge on any atom is 0.156 e. The highest BCUT2D eigenvalue weighted by Crippen LogP contribution is 2.30. The van der Waals surface area contributed by atoms with E-state index in [1.807, 2.05) is 12.3 Å². The molecule has 0 radical (unpaired) electrons. The Hall–Kier alpha value is -1.68. The van der Waals surface area contributed by atoms with Crippen molar-refractivity contribution in [3.63, 3.8) is 0 Å². The number of hydrogen-bond acceptors (Lipinski definition) is 4. The van der Waals surface area contributed by atoms with Crippen molar-refractivity contribution in [2.45, 2.75) is 37.8 Å². The molecule has 1 aromatic carbocycles. The molecule has 2 aliphatic heterocycles. The van der Waals surface area contributed by atoms with Crippen LogP contribution in [0, 0.1) is 0 Å². The van der Waals surface area contributed by atoms with Crippen LogP contribution in [0.15, 0.2) is 30.5 Å². The Morgan fingerprint density at radius 1 is 1.10 bits per heavy atom. The average Bonchev–Trinajstić information content (AvgIpc) is 2.91. The van der Waals surface area contributed by atoms with Crippen LogP contribution in [0.4, 0.5) is 5.82 Å². The first-order valence-corrected chi connectivity index (χ1v) is 7.63. The molecule has 0 bridgehead atoms. The zero-order valence-electron chi connectivity index (χ0n) is 11.6. The number of fused-ring (bicyclic) bond motifs is 2. The van der Waals surface area contributed by atoms with Crippen LogP contribution >= 0.6 is 0 Å². The molecule has 4 rings (SSSR count). The van der Waals surface area contributed by atoms with E-state index in [0.29, 0.717) is 12.1 Å². The van der Waals surface area contributed by atoms with Gasteiger partial charge in [-0.1, -0.05) is 30.7 Å². The summed E-state index contributed by atoms with van der Waals surface area (Å²) in [6.07, 6.45) is 7.09. The van der Waals surface area contributed by atoms with Crippen molar-refractivity contribution < 1.29 is 0 Å². The highest BCUT2D eigenvalue weighted by atomic mass is 15.3. The first-order valence-electron chi connectivity index (χ1n) is 7.63. The normalized spacial score (nSPS) is 26.6. The van der Waals surface area contributed by atoms with Gasteiger partial charge < -0.3 is 5.32 Å². The van der Waals surface area contributed by atoms with E-state index < -0.39 is 0 Å². The van der Waals surface area contributed by atoms with Gasteiger partial charge in [-0.3, -0.25) is 4.90 Å². The lowest BCUT2D eigenvalue weighted by Gasteiger charge is -2.32. The molecule has 1 N–H and O–H groups in total. The summed E-state index contributed by atoms with van der Waals surface area (Å²) in [5, 5.41) is 14.5. The Labute approximate surface area is 119 Å². The minimum atomic E-state index is 0.524. The van der Waals surface area contributed by atoms with Crippen LogP contribution in [0.5, 0.6) is 0 Å². The highest BCUT2D eigenvalue weighted by molar-refractivity contribution is 5.90. The van der Waals surface area contributed by atoms with E-state index in [-0.39, 0.29) is 0 Å². The fourth-order valence-electron chi connectivity index (χ4n) is 3.73. The summed E-state index contributed by atoms with van der Waals surface area (Å²) in [7, 11) is 0. The average molecular weight is 268 g/mol. The number of nitrogens with zero attached hydrogens (tertiary/aromatic N) is 3. The lowest BCUT2D eigenvalue weighted by Crippen LogP contribution is -2.41. The maximum atomic E-state index is 4.33. The van der Waals surface area contributed by atoms with Crippen LogP contribution in [0.3, 0.4) is 0 Å². The van der Waals surface area contributed by atoms with Gasteiger partial charge in [0.05, 0.1) is 6.20 Å². The predicted molar refractivity (Wildman–Crippen MR) is 80.8 cm³/mol. The molecule has 2 fully saturated rings. The number of hydrogen-bond donors (Lipinski definition) is 1. The molecule has 3 heterocycles. The topological polar surface area (TPSA) is 41.0 Å². The minimum Gasteiger partial charge on any atom is -0.364 e. The van der Waals surface area contributed by atoms with E-state index in [0.717, 1.165) is 11.2 Å². The summed E-state index contributed by atoms with van der Waals surface area (Å²) in [5.41, 5.74) is 0. The van der Waals surface area contributed by atoms with Gasteiger partial charge >= 0.3 is 0 Å².